The minimum absolute atomic E-state index is 0.175. The van der Waals surface area contributed by atoms with Gasteiger partial charge in [-0.3, -0.25) is 0 Å². The molecular weight excluding hydrogens is 238 g/mol. The molecule has 108 valence electrons. The van der Waals surface area contributed by atoms with Crippen molar-refractivity contribution < 1.29 is 9.47 Å². The van der Waals surface area contributed by atoms with E-state index in [1.54, 1.807) is 0 Å². The molecule has 0 aliphatic heterocycles. The van der Waals surface area contributed by atoms with Crippen LogP contribution in [0.3, 0.4) is 0 Å². The first-order valence-electron chi connectivity index (χ1n) is 7.16. The van der Waals surface area contributed by atoms with Crippen LogP contribution in [-0.4, -0.2) is 32.4 Å². The van der Waals surface area contributed by atoms with Crippen LogP contribution in [0.2, 0.25) is 0 Å². The van der Waals surface area contributed by atoms with Crippen molar-refractivity contribution in [2.24, 2.45) is 0 Å². The molecule has 0 fully saturated rings. The van der Waals surface area contributed by atoms with Crippen molar-refractivity contribution in [2.45, 2.75) is 40.2 Å². The number of rotatable bonds is 9. The van der Waals surface area contributed by atoms with Gasteiger partial charge in [0.15, 0.2) is 0 Å². The molecule has 1 rings (SSSR count). The first-order chi connectivity index (χ1) is 9.13. The lowest BCUT2D eigenvalue weighted by Crippen LogP contribution is -2.30. The normalized spacial score (nSPS) is 12.4. The lowest BCUT2D eigenvalue weighted by atomic mass is 10.1. The summed E-state index contributed by atoms with van der Waals surface area (Å²) >= 11 is 0. The van der Waals surface area contributed by atoms with Gasteiger partial charge in [0.05, 0.1) is 0 Å². The number of hydrogen-bond donors (Lipinski definition) is 1. The molecule has 1 aromatic rings. The summed E-state index contributed by atoms with van der Waals surface area (Å²) in [6, 6.07) is 6.24. The van der Waals surface area contributed by atoms with E-state index in [0.29, 0.717) is 0 Å². The molecular formula is C16H27NO2. The fourth-order valence-electron chi connectivity index (χ4n) is 1.81. The van der Waals surface area contributed by atoms with Crippen molar-refractivity contribution >= 4 is 0 Å². The van der Waals surface area contributed by atoms with Gasteiger partial charge in [-0.1, -0.05) is 6.07 Å². The van der Waals surface area contributed by atoms with Crippen molar-refractivity contribution in [3.05, 3.63) is 29.3 Å². The predicted octanol–water partition coefficient (Wildman–Crippen LogP) is 3.09. The minimum atomic E-state index is 0.175. The van der Waals surface area contributed by atoms with Crippen LogP contribution >= 0.6 is 0 Å². The molecule has 0 aromatic heterocycles. The summed E-state index contributed by atoms with van der Waals surface area (Å²) in [6.07, 6.45) is 1.22. The Morgan fingerprint density at radius 2 is 2.00 bits per heavy atom. The molecule has 0 bridgehead atoms. The molecule has 3 heteroatoms. The van der Waals surface area contributed by atoms with E-state index in [4.69, 9.17) is 9.47 Å². The van der Waals surface area contributed by atoms with Crippen LogP contribution in [0.5, 0.6) is 5.75 Å². The average molecular weight is 265 g/mol. The van der Waals surface area contributed by atoms with Gasteiger partial charge in [-0.15, -0.1) is 0 Å². The maximum Gasteiger partial charge on any atom is 0.120 e. The second-order valence-electron chi connectivity index (χ2n) is 4.93. The molecule has 0 spiro atoms. The van der Waals surface area contributed by atoms with E-state index in [-0.39, 0.29) is 6.10 Å². The average Bonchev–Trinajstić information content (AvgIpc) is 2.38. The second-order valence-corrected chi connectivity index (χ2v) is 4.93. The lowest BCUT2D eigenvalue weighted by molar-refractivity contribution is 0.143. The fourth-order valence-corrected chi connectivity index (χ4v) is 1.81. The van der Waals surface area contributed by atoms with Crippen molar-refractivity contribution in [2.75, 3.05) is 26.3 Å². The predicted molar refractivity (Wildman–Crippen MR) is 80.0 cm³/mol. The number of aryl methyl sites for hydroxylation is 2. The molecule has 0 aliphatic rings. The van der Waals surface area contributed by atoms with E-state index in [1.165, 1.54) is 11.1 Å². The van der Waals surface area contributed by atoms with Gasteiger partial charge < -0.3 is 14.8 Å². The zero-order valence-electron chi connectivity index (χ0n) is 12.7. The molecule has 0 saturated heterocycles. The van der Waals surface area contributed by atoms with E-state index in [9.17, 15) is 0 Å². The van der Waals surface area contributed by atoms with Gasteiger partial charge in [-0.25, -0.2) is 0 Å². The molecule has 0 saturated carbocycles. The summed E-state index contributed by atoms with van der Waals surface area (Å²) in [5.41, 5.74) is 2.57. The molecule has 1 aromatic carbocycles. The fraction of sp³-hybridized carbons (Fsp3) is 0.625. The monoisotopic (exact) mass is 265 g/mol. The zero-order chi connectivity index (χ0) is 14.1. The van der Waals surface area contributed by atoms with Crippen LogP contribution in [0.4, 0.5) is 0 Å². The first kappa shape index (κ1) is 16.0. The molecule has 1 unspecified atom stereocenters. The van der Waals surface area contributed by atoms with Crippen molar-refractivity contribution in [3.63, 3.8) is 0 Å². The van der Waals surface area contributed by atoms with Gasteiger partial charge in [0.1, 0.15) is 11.9 Å². The lowest BCUT2D eigenvalue weighted by Gasteiger charge is -2.16. The van der Waals surface area contributed by atoms with Crippen molar-refractivity contribution in [1.29, 1.82) is 0 Å². The second kappa shape index (κ2) is 8.94. The van der Waals surface area contributed by atoms with E-state index in [1.807, 2.05) is 13.0 Å². The molecule has 1 N–H and O–H groups in total. The maximum absolute atomic E-state index is 5.88. The Labute approximate surface area is 117 Å². The van der Waals surface area contributed by atoms with E-state index in [2.05, 4.69) is 38.2 Å². The highest BCUT2D eigenvalue weighted by atomic mass is 16.5. The molecule has 0 heterocycles. The van der Waals surface area contributed by atoms with Crippen LogP contribution < -0.4 is 10.1 Å². The van der Waals surface area contributed by atoms with Gasteiger partial charge in [-0.05, 0) is 63.9 Å². The topological polar surface area (TPSA) is 30.5 Å². The summed E-state index contributed by atoms with van der Waals surface area (Å²) in [6.45, 7) is 11.8. The van der Waals surface area contributed by atoms with Crippen molar-refractivity contribution in [3.8, 4) is 5.75 Å². The smallest absolute Gasteiger partial charge is 0.120 e. The maximum atomic E-state index is 5.88. The van der Waals surface area contributed by atoms with Crippen LogP contribution in [0.15, 0.2) is 18.2 Å². The number of hydrogen-bond acceptors (Lipinski definition) is 3. The van der Waals surface area contributed by atoms with Crippen LogP contribution in [0.25, 0.3) is 0 Å². The van der Waals surface area contributed by atoms with Crippen LogP contribution in [-0.2, 0) is 4.74 Å². The van der Waals surface area contributed by atoms with Crippen LogP contribution in [0, 0.1) is 13.8 Å². The first-order valence-corrected chi connectivity index (χ1v) is 7.16. The molecule has 0 aliphatic carbocycles. The Morgan fingerprint density at radius 1 is 1.21 bits per heavy atom. The van der Waals surface area contributed by atoms with Gasteiger partial charge in [0, 0.05) is 19.8 Å². The molecule has 1 atom stereocenters. The Bertz CT molecular complexity index is 366. The SMILES string of the molecule is CCOCCCNCC(C)Oc1ccc(C)c(C)c1. The zero-order valence-corrected chi connectivity index (χ0v) is 12.7. The van der Waals surface area contributed by atoms with Gasteiger partial charge in [0.25, 0.3) is 0 Å². The standard InChI is InChI=1S/C16H27NO2/c1-5-18-10-6-9-17-12-15(4)19-16-8-7-13(2)14(3)11-16/h7-8,11,15,17H,5-6,9-10,12H2,1-4H3. The Morgan fingerprint density at radius 3 is 2.68 bits per heavy atom. The largest absolute Gasteiger partial charge is 0.489 e. The number of benzene rings is 1. The summed E-state index contributed by atoms with van der Waals surface area (Å²) in [5.74, 6) is 0.951. The summed E-state index contributed by atoms with van der Waals surface area (Å²) < 4.78 is 11.2. The summed E-state index contributed by atoms with van der Waals surface area (Å²) in [4.78, 5) is 0. The Kier molecular flexibility index (Phi) is 7.53. The van der Waals surface area contributed by atoms with E-state index in [0.717, 1.165) is 38.5 Å². The highest BCUT2D eigenvalue weighted by Crippen LogP contribution is 2.17. The molecule has 3 nitrogen and oxygen atoms in total. The third kappa shape index (κ3) is 6.60. The number of nitrogens with one attached hydrogen (secondary N) is 1. The highest BCUT2D eigenvalue weighted by molar-refractivity contribution is 5.33. The van der Waals surface area contributed by atoms with Crippen molar-refractivity contribution in [1.82, 2.24) is 5.32 Å². The molecule has 0 amide bonds. The minimum Gasteiger partial charge on any atom is -0.489 e. The summed E-state index contributed by atoms with van der Waals surface area (Å²) in [5, 5.41) is 3.39. The summed E-state index contributed by atoms with van der Waals surface area (Å²) in [7, 11) is 0. The third-order valence-corrected chi connectivity index (χ3v) is 3.09. The quantitative estimate of drug-likeness (QED) is 0.696. The van der Waals surface area contributed by atoms with Gasteiger partial charge in [0.2, 0.25) is 0 Å². The van der Waals surface area contributed by atoms with E-state index < -0.39 is 0 Å². The van der Waals surface area contributed by atoms with Gasteiger partial charge >= 0.3 is 0 Å². The van der Waals surface area contributed by atoms with Crippen LogP contribution in [0.1, 0.15) is 31.4 Å². The van der Waals surface area contributed by atoms with Gasteiger partial charge in [-0.2, -0.15) is 0 Å². The number of ether oxygens (including phenoxy) is 2. The molecule has 0 radical (unpaired) electrons. The molecule has 19 heavy (non-hydrogen) atoms. The highest BCUT2D eigenvalue weighted by Gasteiger charge is 2.04. The third-order valence-electron chi connectivity index (χ3n) is 3.09. The Hall–Kier alpha value is -1.06. The Balaban J connectivity index is 2.19. The van der Waals surface area contributed by atoms with E-state index >= 15 is 0 Å².